The van der Waals surface area contributed by atoms with E-state index in [4.69, 9.17) is 4.74 Å². The molecule has 84 valence electrons. The van der Waals surface area contributed by atoms with Crippen molar-refractivity contribution in [2.24, 2.45) is 0 Å². The molecular formula is C10H11BrN4O. The number of hydrogen-bond acceptors (Lipinski definition) is 4. The van der Waals surface area contributed by atoms with Crippen LogP contribution in [0.1, 0.15) is 25.5 Å². The smallest absolute Gasteiger partial charge is 0.179 e. The van der Waals surface area contributed by atoms with Crippen LogP contribution in [0.5, 0.6) is 0 Å². The lowest BCUT2D eigenvalue weighted by Crippen LogP contribution is -2.19. The van der Waals surface area contributed by atoms with Gasteiger partial charge in [-0.15, -0.1) is 0 Å². The van der Waals surface area contributed by atoms with Gasteiger partial charge in [0.05, 0.1) is 12.4 Å². The Labute approximate surface area is 101 Å². The molecule has 1 aliphatic rings. The van der Waals surface area contributed by atoms with Gasteiger partial charge in [-0.05, 0) is 35.2 Å². The zero-order valence-corrected chi connectivity index (χ0v) is 10.2. The van der Waals surface area contributed by atoms with Crippen molar-refractivity contribution in [3.63, 3.8) is 0 Å². The van der Waals surface area contributed by atoms with E-state index in [-0.39, 0.29) is 6.23 Å². The molecule has 2 aromatic heterocycles. The quantitative estimate of drug-likeness (QED) is 0.805. The fraction of sp³-hybridized carbons (Fsp3) is 0.500. The van der Waals surface area contributed by atoms with Gasteiger partial charge in [0.25, 0.3) is 0 Å². The molecule has 0 N–H and O–H groups in total. The normalized spacial score (nSPS) is 21.4. The van der Waals surface area contributed by atoms with Crippen molar-refractivity contribution in [1.29, 1.82) is 0 Å². The van der Waals surface area contributed by atoms with Crippen LogP contribution in [0, 0.1) is 0 Å². The number of ether oxygens (including phenoxy) is 1. The summed E-state index contributed by atoms with van der Waals surface area (Å²) in [6.07, 6.45) is 6.73. The predicted molar refractivity (Wildman–Crippen MR) is 61.9 cm³/mol. The molecule has 0 bridgehead atoms. The van der Waals surface area contributed by atoms with E-state index in [9.17, 15) is 0 Å². The minimum absolute atomic E-state index is 0.0155. The second-order valence-corrected chi connectivity index (χ2v) is 4.62. The molecule has 0 spiro atoms. The topological polar surface area (TPSA) is 52.8 Å². The summed E-state index contributed by atoms with van der Waals surface area (Å²) in [6.45, 7) is 0.802. The van der Waals surface area contributed by atoms with E-state index >= 15 is 0 Å². The van der Waals surface area contributed by atoms with Crippen molar-refractivity contribution in [2.45, 2.75) is 25.5 Å². The second kappa shape index (κ2) is 4.10. The van der Waals surface area contributed by atoms with Crippen LogP contribution in [-0.2, 0) is 4.74 Å². The summed E-state index contributed by atoms with van der Waals surface area (Å²) in [5.74, 6) is 0. The molecule has 1 saturated heterocycles. The molecule has 5 nitrogen and oxygen atoms in total. The van der Waals surface area contributed by atoms with Crippen LogP contribution in [-0.4, -0.2) is 26.4 Å². The van der Waals surface area contributed by atoms with Gasteiger partial charge in [-0.1, -0.05) is 0 Å². The van der Waals surface area contributed by atoms with Gasteiger partial charge < -0.3 is 4.74 Å². The molecular weight excluding hydrogens is 272 g/mol. The van der Waals surface area contributed by atoms with Gasteiger partial charge in [0, 0.05) is 6.61 Å². The molecule has 1 aliphatic heterocycles. The number of hydrogen-bond donors (Lipinski definition) is 0. The molecule has 6 heteroatoms. The molecule has 3 heterocycles. The third-order valence-corrected chi connectivity index (χ3v) is 3.08. The summed E-state index contributed by atoms with van der Waals surface area (Å²) in [4.78, 5) is 8.63. The van der Waals surface area contributed by atoms with Gasteiger partial charge in [0.1, 0.15) is 10.1 Å². The van der Waals surface area contributed by atoms with E-state index in [0.29, 0.717) is 0 Å². The van der Waals surface area contributed by atoms with Crippen LogP contribution in [0.25, 0.3) is 11.2 Å². The first-order valence-electron chi connectivity index (χ1n) is 5.32. The fourth-order valence-corrected chi connectivity index (χ4v) is 2.23. The summed E-state index contributed by atoms with van der Waals surface area (Å²) < 4.78 is 8.23. The average molecular weight is 283 g/mol. The SMILES string of the molecule is Brc1cnc2c(cnn2C2CCCCO2)n1. The number of rotatable bonds is 1. The predicted octanol–water partition coefficient (Wildman–Crippen LogP) is 2.29. The molecule has 0 amide bonds. The van der Waals surface area contributed by atoms with Gasteiger partial charge in [-0.3, -0.25) is 0 Å². The molecule has 0 radical (unpaired) electrons. The maximum absolute atomic E-state index is 5.68. The molecule has 0 aliphatic carbocycles. The highest BCUT2D eigenvalue weighted by atomic mass is 79.9. The minimum Gasteiger partial charge on any atom is -0.356 e. The van der Waals surface area contributed by atoms with E-state index in [1.54, 1.807) is 12.4 Å². The van der Waals surface area contributed by atoms with Crippen LogP contribution < -0.4 is 0 Å². The van der Waals surface area contributed by atoms with Crippen molar-refractivity contribution >= 4 is 27.1 Å². The highest BCUT2D eigenvalue weighted by molar-refractivity contribution is 9.10. The monoisotopic (exact) mass is 282 g/mol. The first-order chi connectivity index (χ1) is 7.84. The van der Waals surface area contributed by atoms with E-state index < -0.39 is 0 Å². The summed E-state index contributed by atoms with van der Waals surface area (Å²) in [6, 6.07) is 0. The molecule has 1 fully saturated rings. The zero-order valence-electron chi connectivity index (χ0n) is 8.64. The lowest BCUT2D eigenvalue weighted by molar-refractivity contribution is -0.0370. The van der Waals surface area contributed by atoms with Gasteiger partial charge >= 0.3 is 0 Å². The van der Waals surface area contributed by atoms with E-state index in [2.05, 4.69) is 31.0 Å². The Morgan fingerprint density at radius 3 is 3.12 bits per heavy atom. The molecule has 0 saturated carbocycles. The van der Waals surface area contributed by atoms with Crippen molar-refractivity contribution in [2.75, 3.05) is 6.61 Å². The van der Waals surface area contributed by atoms with Crippen molar-refractivity contribution in [3.05, 3.63) is 17.0 Å². The molecule has 16 heavy (non-hydrogen) atoms. The van der Waals surface area contributed by atoms with Crippen LogP contribution in [0.4, 0.5) is 0 Å². The molecule has 3 rings (SSSR count). The van der Waals surface area contributed by atoms with Gasteiger partial charge in [0.15, 0.2) is 11.9 Å². The van der Waals surface area contributed by atoms with Gasteiger partial charge in [0.2, 0.25) is 0 Å². The number of halogens is 1. The van der Waals surface area contributed by atoms with E-state index in [1.165, 1.54) is 6.42 Å². The molecule has 0 aromatic carbocycles. The zero-order chi connectivity index (χ0) is 11.0. The van der Waals surface area contributed by atoms with E-state index in [0.717, 1.165) is 35.2 Å². The Morgan fingerprint density at radius 2 is 2.31 bits per heavy atom. The third-order valence-electron chi connectivity index (χ3n) is 2.70. The van der Waals surface area contributed by atoms with Crippen molar-refractivity contribution in [3.8, 4) is 0 Å². The lowest BCUT2D eigenvalue weighted by atomic mass is 10.2. The molecule has 1 atom stereocenters. The maximum atomic E-state index is 5.68. The Bertz CT molecular complexity index is 506. The van der Waals surface area contributed by atoms with Crippen LogP contribution in [0.15, 0.2) is 17.0 Å². The standard InChI is InChI=1S/C10H11BrN4O/c11-8-6-12-10-7(14-8)5-13-15(10)9-3-1-2-4-16-9/h5-6,9H,1-4H2. The van der Waals surface area contributed by atoms with Crippen molar-refractivity contribution < 1.29 is 4.74 Å². The number of fused-ring (bicyclic) bond motifs is 1. The Morgan fingerprint density at radius 1 is 1.38 bits per heavy atom. The van der Waals surface area contributed by atoms with Crippen molar-refractivity contribution in [1.82, 2.24) is 19.7 Å². The highest BCUT2D eigenvalue weighted by Gasteiger charge is 2.19. The average Bonchev–Trinajstić information content (AvgIpc) is 2.73. The number of nitrogens with zero attached hydrogens (tertiary/aromatic N) is 4. The maximum Gasteiger partial charge on any atom is 0.179 e. The summed E-state index contributed by atoms with van der Waals surface area (Å²) in [5, 5.41) is 4.31. The third kappa shape index (κ3) is 1.72. The largest absolute Gasteiger partial charge is 0.356 e. The van der Waals surface area contributed by atoms with Gasteiger partial charge in [-0.2, -0.15) is 5.10 Å². The Hall–Kier alpha value is -1.01. The summed E-state index contributed by atoms with van der Waals surface area (Å²) in [5.41, 5.74) is 1.58. The van der Waals surface area contributed by atoms with Crippen LogP contribution in [0.3, 0.4) is 0 Å². The Balaban J connectivity index is 2.03. The second-order valence-electron chi connectivity index (χ2n) is 3.81. The van der Waals surface area contributed by atoms with E-state index in [1.807, 2.05) is 4.68 Å². The number of aromatic nitrogens is 4. The first-order valence-corrected chi connectivity index (χ1v) is 6.11. The van der Waals surface area contributed by atoms with Gasteiger partial charge in [-0.25, -0.2) is 14.6 Å². The Kier molecular flexibility index (Phi) is 2.61. The first kappa shape index (κ1) is 10.2. The molecule has 2 aromatic rings. The molecule has 1 unspecified atom stereocenters. The lowest BCUT2D eigenvalue weighted by Gasteiger charge is -2.22. The van der Waals surface area contributed by atoms with Crippen LogP contribution >= 0.6 is 15.9 Å². The highest BCUT2D eigenvalue weighted by Crippen LogP contribution is 2.24. The summed E-state index contributed by atoms with van der Waals surface area (Å²) >= 11 is 3.30. The van der Waals surface area contributed by atoms with Crippen LogP contribution in [0.2, 0.25) is 0 Å². The summed E-state index contributed by atoms with van der Waals surface area (Å²) in [7, 11) is 0. The minimum atomic E-state index is 0.0155. The fourth-order valence-electron chi connectivity index (χ4n) is 1.94.